The molecule has 0 amide bonds. The largest absolute Gasteiger partial charge is 0.476 e. The zero-order valence-corrected chi connectivity index (χ0v) is 7.33. The molecule has 0 saturated heterocycles. The van der Waals surface area contributed by atoms with Crippen LogP contribution in [0.25, 0.3) is 5.69 Å². The van der Waals surface area contributed by atoms with Crippen LogP contribution in [0.15, 0.2) is 24.7 Å². The van der Waals surface area contributed by atoms with E-state index in [-0.39, 0.29) is 11.4 Å². The summed E-state index contributed by atoms with van der Waals surface area (Å²) < 4.78 is 12.9. The van der Waals surface area contributed by atoms with E-state index in [4.69, 9.17) is 5.11 Å². The lowest BCUT2D eigenvalue weighted by molar-refractivity contribution is 0.0690. The van der Waals surface area contributed by atoms with E-state index in [1.54, 1.807) is 0 Å². The zero-order chi connectivity index (χ0) is 10.8. The predicted molar refractivity (Wildman–Crippen MR) is 46.1 cm³/mol. The maximum Gasteiger partial charge on any atom is 0.356 e. The van der Waals surface area contributed by atoms with Crippen LogP contribution >= 0.6 is 0 Å². The van der Waals surface area contributed by atoms with Gasteiger partial charge in [0.25, 0.3) is 0 Å². The Kier molecular flexibility index (Phi) is 2.13. The maximum absolute atomic E-state index is 12.9. The average molecular weight is 208 g/mol. The molecule has 0 radical (unpaired) electrons. The Morgan fingerprint density at radius 1 is 1.40 bits per heavy atom. The van der Waals surface area contributed by atoms with Crippen molar-refractivity contribution in [3.63, 3.8) is 0 Å². The monoisotopic (exact) mass is 208 g/mol. The van der Waals surface area contributed by atoms with Crippen LogP contribution in [0.4, 0.5) is 4.39 Å². The van der Waals surface area contributed by atoms with E-state index < -0.39 is 11.8 Å². The molecule has 0 aromatic carbocycles. The van der Waals surface area contributed by atoms with E-state index in [2.05, 4.69) is 15.2 Å². The lowest BCUT2D eigenvalue weighted by Gasteiger charge is -2.02. The Labute approximate surface area is 83.0 Å². The van der Waals surface area contributed by atoms with E-state index in [0.29, 0.717) is 0 Å². The molecule has 0 aliphatic heterocycles. The molecule has 2 rings (SSSR count). The van der Waals surface area contributed by atoms with Crippen molar-refractivity contribution in [3.8, 4) is 5.69 Å². The van der Waals surface area contributed by atoms with Crippen LogP contribution < -0.4 is 0 Å². The fourth-order valence-electron chi connectivity index (χ4n) is 1.09. The molecule has 0 atom stereocenters. The van der Waals surface area contributed by atoms with Gasteiger partial charge in [-0.05, 0) is 0 Å². The molecule has 0 unspecified atom stereocenters. The van der Waals surface area contributed by atoms with Gasteiger partial charge in [0, 0.05) is 6.07 Å². The Balaban J connectivity index is 2.63. The number of aromatic nitrogens is 4. The number of rotatable bonds is 2. The van der Waals surface area contributed by atoms with Crippen molar-refractivity contribution < 1.29 is 14.3 Å². The summed E-state index contributed by atoms with van der Waals surface area (Å²) in [6.45, 7) is 0. The fourth-order valence-corrected chi connectivity index (χ4v) is 1.09. The van der Waals surface area contributed by atoms with E-state index >= 15 is 0 Å². The number of halogens is 1. The first kappa shape index (κ1) is 9.25. The first-order chi connectivity index (χ1) is 7.18. The van der Waals surface area contributed by atoms with Gasteiger partial charge in [0.1, 0.15) is 11.5 Å². The number of hydrogen-bond donors (Lipinski definition) is 1. The lowest BCUT2D eigenvalue weighted by atomic mass is 10.3. The predicted octanol–water partition coefficient (Wildman–Crippen LogP) is 0.500. The summed E-state index contributed by atoms with van der Waals surface area (Å²) in [5.41, 5.74) is -0.305. The van der Waals surface area contributed by atoms with Gasteiger partial charge in [0.05, 0.1) is 18.6 Å². The van der Waals surface area contributed by atoms with Crippen molar-refractivity contribution in [2.24, 2.45) is 0 Å². The normalized spacial score (nSPS) is 10.2. The number of aromatic carboxylic acids is 1. The number of nitrogens with zero attached hydrogens (tertiary/aromatic N) is 4. The van der Waals surface area contributed by atoms with Crippen molar-refractivity contribution in [2.75, 3.05) is 0 Å². The molecule has 0 aliphatic carbocycles. The van der Waals surface area contributed by atoms with Gasteiger partial charge in [-0.15, -0.1) is 4.80 Å². The molecule has 1 N–H and O–H groups in total. The summed E-state index contributed by atoms with van der Waals surface area (Å²) in [7, 11) is 0. The molecule has 15 heavy (non-hydrogen) atoms. The summed E-state index contributed by atoms with van der Waals surface area (Å²) in [6.07, 6.45) is 3.55. The standard InChI is InChI=1S/C8H5FN4O2/c9-5-3-6(13-11-1-2-12-13)7(8(14)15)10-4-5/h1-4H,(H,14,15). The Morgan fingerprint density at radius 2 is 2.07 bits per heavy atom. The quantitative estimate of drug-likeness (QED) is 0.777. The van der Waals surface area contributed by atoms with E-state index in [9.17, 15) is 9.18 Å². The minimum absolute atomic E-state index is 0.00694. The smallest absolute Gasteiger partial charge is 0.356 e. The van der Waals surface area contributed by atoms with Crippen molar-refractivity contribution in [1.29, 1.82) is 0 Å². The molecule has 0 aliphatic rings. The van der Waals surface area contributed by atoms with Crippen LogP contribution in [0.3, 0.4) is 0 Å². The van der Waals surface area contributed by atoms with Crippen LogP contribution in [0, 0.1) is 5.82 Å². The van der Waals surface area contributed by atoms with Gasteiger partial charge in [-0.25, -0.2) is 14.2 Å². The second kappa shape index (κ2) is 3.45. The molecule has 0 spiro atoms. The van der Waals surface area contributed by atoms with Crippen LogP contribution in [-0.2, 0) is 0 Å². The van der Waals surface area contributed by atoms with Crippen molar-refractivity contribution in [3.05, 3.63) is 36.2 Å². The number of hydrogen-bond acceptors (Lipinski definition) is 4. The summed E-state index contributed by atoms with van der Waals surface area (Å²) in [4.78, 5) is 15.2. The summed E-state index contributed by atoms with van der Waals surface area (Å²) in [6, 6.07) is 1.01. The highest BCUT2D eigenvalue weighted by molar-refractivity contribution is 5.89. The third-order valence-corrected chi connectivity index (χ3v) is 1.67. The van der Waals surface area contributed by atoms with Gasteiger partial charge in [0.2, 0.25) is 0 Å². The molecule has 0 bridgehead atoms. The summed E-state index contributed by atoms with van der Waals surface area (Å²) >= 11 is 0. The third kappa shape index (κ3) is 1.66. The van der Waals surface area contributed by atoms with Gasteiger partial charge in [0.15, 0.2) is 5.69 Å². The van der Waals surface area contributed by atoms with E-state index in [0.717, 1.165) is 17.1 Å². The first-order valence-electron chi connectivity index (χ1n) is 3.94. The SMILES string of the molecule is O=C(O)c1ncc(F)cc1-n1nccn1. The minimum Gasteiger partial charge on any atom is -0.476 e. The number of carboxylic acid groups (broad SMARTS) is 1. The molecule has 6 nitrogen and oxygen atoms in total. The Morgan fingerprint density at radius 3 is 2.67 bits per heavy atom. The van der Waals surface area contributed by atoms with Crippen molar-refractivity contribution >= 4 is 5.97 Å². The van der Waals surface area contributed by atoms with Crippen molar-refractivity contribution in [2.45, 2.75) is 0 Å². The van der Waals surface area contributed by atoms with Crippen LogP contribution in [0.1, 0.15) is 10.5 Å². The first-order valence-corrected chi connectivity index (χ1v) is 3.94. The van der Waals surface area contributed by atoms with Gasteiger partial charge in [-0.2, -0.15) is 10.2 Å². The molecular weight excluding hydrogens is 203 g/mol. The highest BCUT2D eigenvalue weighted by Gasteiger charge is 2.15. The Hall–Kier alpha value is -2.31. The van der Waals surface area contributed by atoms with E-state index in [1.807, 2.05) is 0 Å². The van der Waals surface area contributed by atoms with Gasteiger partial charge >= 0.3 is 5.97 Å². The highest BCUT2D eigenvalue weighted by atomic mass is 19.1. The van der Waals surface area contributed by atoms with Crippen LogP contribution in [0.5, 0.6) is 0 Å². The second-order valence-corrected chi connectivity index (χ2v) is 2.64. The van der Waals surface area contributed by atoms with Gasteiger partial charge in [-0.1, -0.05) is 0 Å². The van der Waals surface area contributed by atoms with Gasteiger partial charge in [-0.3, -0.25) is 0 Å². The molecule has 0 fully saturated rings. The second-order valence-electron chi connectivity index (χ2n) is 2.64. The van der Waals surface area contributed by atoms with Gasteiger partial charge < -0.3 is 5.11 Å². The Bertz CT molecular complexity index is 497. The summed E-state index contributed by atoms with van der Waals surface area (Å²) in [5.74, 6) is -1.91. The van der Waals surface area contributed by atoms with E-state index in [1.165, 1.54) is 12.4 Å². The fraction of sp³-hybridized carbons (Fsp3) is 0. The molecule has 2 heterocycles. The molecule has 2 aromatic rings. The average Bonchev–Trinajstić information content (AvgIpc) is 2.69. The molecule has 2 aromatic heterocycles. The van der Waals surface area contributed by atoms with Crippen LogP contribution in [-0.4, -0.2) is 31.1 Å². The molecule has 0 saturated carbocycles. The number of carboxylic acids is 1. The number of pyridine rings is 1. The van der Waals surface area contributed by atoms with Crippen LogP contribution in [0.2, 0.25) is 0 Å². The molecular formula is C8H5FN4O2. The third-order valence-electron chi connectivity index (χ3n) is 1.67. The molecule has 7 heteroatoms. The zero-order valence-electron chi connectivity index (χ0n) is 7.33. The maximum atomic E-state index is 12.9. The molecule has 76 valence electrons. The highest BCUT2D eigenvalue weighted by Crippen LogP contribution is 2.11. The minimum atomic E-state index is -1.26. The number of carbonyl (C=O) groups is 1. The topological polar surface area (TPSA) is 80.9 Å². The summed E-state index contributed by atoms with van der Waals surface area (Å²) in [5, 5.41) is 16.2. The van der Waals surface area contributed by atoms with Crippen molar-refractivity contribution in [1.82, 2.24) is 20.0 Å². The lowest BCUT2D eigenvalue weighted by Crippen LogP contribution is -2.10.